The molecule has 15 heavy (non-hydrogen) atoms. The number of hydrogen-bond donors (Lipinski definition) is 3. The van der Waals surface area contributed by atoms with Crippen LogP contribution in [0.1, 0.15) is 29.9 Å². The van der Waals surface area contributed by atoms with E-state index >= 15 is 0 Å². The topological polar surface area (TPSA) is 82.7 Å². The minimum atomic E-state index is -0.189. The quantitative estimate of drug-likeness (QED) is 0.634. The van der Waals surface area contributed by atoms with E-state index in [0.29, 0.717) is 12.6 Å². The van der Waals surface area contributed by atoms with E-state index in [9.17, 15) is 4.79 Å². The lowest BCUT2D eigenvalue weighted by Crippen LogP contribution is -2.31. The molecule has 82 valence electrons. The summed E-state index contributed by atoms with van der Waals surface area (Å²) < 4.78 is 0. The highest BCUT2D eigenvalue weighted by molar-refractivity contribution is 5.90. The molecule has 1 aromatic rings. The summed E-state index contributed by atoms with van der Waals surface area (Å²) in [6.07, 6.45) is 4.74. The molecule has 6 heteroatoms. The number of H-pyrrole nitrogens is 1. The van der Waals surface area contributed by atoms with Crippen LogP contribution in [0.5, 0.6) is 0 Å². The van der Waals surface area contributed by atoms with Crippen molar-refractivity contribution in [2.45, 2.75) is 25.3 Å². The first kappa shape index (κ1) is 10.1. The van der Waals surface area contributed by atoms with E-state index in [-0.39, 0.29) is 11.7 Å². The fourth-order valence-electron chi connectivity index (χ4n) is 1.76. The Balaban J connectivity index is 1.67. The van der Waals surface area contributed by atoms with Crippen LogP contribution >= 0.6 is 0 Å². The van der Waals surface area contributed by atoms with Crippen molar-refractivity contribution in [3.8, 4) is 0 Å². The third-order valence-corrected chi connectivity index (χ3v) is 2.57. The van der Waals surface area contributed by atoms with E-state index < -0.39 is 0 Å². The monoisotopic (exact) mass is 209 g/mol. The summed E-state index contributed by atoms with van der Waals surface area (Å²) in [5.41, 5.74) is 0. The van der Waals surface area contributed by atoms with Crippen LogP contribution in [0.25, 0.3) is 0 Å². The van der Waals surface area contributed by atoms with Gasteiger partial charge >= 0.3 is 0 Å². The number of carbonyl (C=O) groups is 1. The van der Waals surface area contributed by atoms with Crippen molar-refractivity contribution in [3.05, 3.63) is 12.2 Å². The summed E-state index contributed by atoms with van der Waals surface area (Å²) >= 11 is 0. The van der Waals surface area contributed by atoms with Gasteiger partial charge in [-0.05, 0) is 25.8 Å². The molecule has 1 atom stereocenters. The highest BCUT2D eigenvalue weighted by atomic mass is 16.2. The molecule has 1 aromatic heterocycles. The predicted molar refractivity (Wildman–Crippen MR) is 54.4 cm³/mol. The first-order valence-corrected chi connectivity index (χ1v) is 5.23. The van der Waals surface area contributed by atoms with Gasteiger partial charge in [-0.25, -0.2) is 4.98 Å². The molecule has 1 saturated heterocycles. The van der Waals surface area contributed by atoms with E-state index in [2.05, 4.69) is 25.8 Å². The lowest BCUT2D eigenvalue weighted by atomic mass is 10.1. The number of rotatable bonds is 4. The summed E-state index contributed by atoms with van der Waals surface area (Å²) in [4.78, 5) is 15.2. The highest BCUT2D eigenvalue weighted by Crippen LogP contribution is 2.07. The molecule has 1 amide bonds. The standard InChI is InChI=1S/C9H15N5O/c15-9(8-12-6-13-14-8)11-5-3-7-2-1-4-10-7/h6-7,10H,1-5H2,(H,11,15)(H,12,13,14)/t7-/m0/s1. The Kier molecular flexibility index (Phi) is 3.29. The Hall–Kier alpha value is -1.43. The fraction of sp³-hybridized carbons (Fsp3) is 0.667. The number of nitrogens with zero attached hydrogens (tertiary/aromatic N) is 2. The molecule has 2 rings (SSSR count). The number of hydrogen-bond acceptors (Lipinski definition) is 4. The molecule has 0 spiro atoms. The zero-order valence-electron chi connectivity index (χ0n) is 8.49. The van der Waals surface area contributed by atoms with E-state index in [1.807, 2.05) is 0 Å². The van der Waals surface area contributed by atoms with Crippen LogP contribution in [0.2, 0.25) is 0 Å². The first-order chi connectivity index (χ1) is 7.36. The second-order valence-electron chi connectivity index (χ2n) is 3.67. The van der Waals surface area contributed by atoms with Gasteiger partial charge in [0.05, 0.1) is 0 Å². The van der Waals surface area contributed by atoms with Crippen molar-refractivity contribution in [1.29, 1.82) is 0 Å². The first-order valence-electron chi connectivity index (χ1n) is 5.23. The second kappa shape index (κ2) is 4.88. The molecule has 0 saturated carbocycles. The Labute approximate surface area is 87.9 Å². The molecule has 3 N–H and O–H groups in total. The molecule has 1 aliphatic heterocycles. The van der Waals surface area contributed by atoms with Crippen LogP contribution < -0.4 is 10.6 Å². The maximum Gasteiger partial charge on any atom is 0.288 e. The van der Waals surface area contributed by atoms with Crippen molar-refractivity contribution in [2.75, 3.05) is 13.1 Å². The van der Waals surface area contributed by atoms with E-state index in [1.165, 1.54) is 19.2 Å². The van der Waals surface area contributed by atoms with E-state index in [0.717, 1.165) is 13.0 Å². The third kappa shape index (κ3) is 2.76. The summed E-state index contributed by atoms with van der Waals surface area (Å²) in [6.45, 7) is 1.78. The maximum absolute atomic E-state index is 11.4. The SMILES string of the molecule is O=C(NCC[C@@H]1CCCN1)c1ncn[nH]1. The van der Waals surface area contributed by atoms with Crippen molar-refractivity contribution >= 4 is 5.91 Å². The van der Waals surface area contributed by atoms with Crippen molar-refractivity contribution in [3.63, 3.8) is 0 Å². The van der Waals surface area contributed by atoms with Gasteiger partial charge in [-0.3, -0.25) is 9.89 Å². The molecule has 1 aliphatic rings. The Morgan fingerprint density at radius 1 is 1.67 bits per heavy atom. The molecular formula is C9H15N5O. The highest BCUT2D eigenvalue weighted by Gasteiger charge is 2.14. The number of nitrogens with one attached hydrogen (secondary N) is 3. The number of aromatic nitrogens is 3. The van der Waals surface area contributed by atoms with Gasteiger partial charge < -0.3 is 10.6 Å². The summed E-state index contributed by atoms with van der Waals surface area (Å²) in [6, 6.07) is 0.556. The largest absolute Gasteiger partial charge is 0.349 e. The molecule has 0 aliphatic carbocycles. The second-order valence-corrected chi connectivity index (χ2v) is 3.67. The van der Waals surface area contributed by atoms with Crippen LogP contribution in [0.3, 0.4) is 0 Å². The van der Waals surface area contributed by atoms with Gasteiger partial charge in [0.25, 0.3) is 5.91 Å². The molecular weight excluding hydrogens is 194 g/mol. The van der Waals surface area contributed by atoms with Crippen LogP contribution in [0.15, 0.2) is 6.33 Å². The van der Waals surface area contributed by atoms with Gasteiger partial charge in [0.2, 0.25) is 5.82 Å². The number of amides is 1. The predicted octanol–water partition coefficient (Wildman–Crippen LogP) is -0.323. The average Bonchev–Trinajstić information content (AvgIpc) is 2.90. The van der Waals surface area contributed by atoms with Gasteiger partial charge in [0.15, 0.2) is 0 Å². The van der Waals surface area contributed by atoms with Crippen LogP contribution in [0, 0.1) is 0 Å². The Morgan fingerprint density at radius 2 is 2.60 bits per heavy atom. The van der Waals surface area contributed by atoms with E-state index in [1.54, 1.807) is 0 Å². The fourth-order valence-corrected chi connectivity index (χ4v) is 1.76. The molecule has 0 bridgehead atoms. The van der Waals surface area contributed by atoms with Gasteiger partial charge in [-0.1, -0.05) is 0 Å². The smallest absolute Gasteiger partial charge is 0.288 e. The lowest BCUT2D eigenvalue weighted by molar-refractivity contribution is 0.0942. The Bertz CT molecular complexity index is 304. The summed E-state index contributed by atoms with van der Waals surface area (Å²) in [5, 5.41) is 12.3. The van der Waals surface area contributed by atoms with Gasteiger partial charge in [0.1, 0.15) is 6.33 Å². The molecule has 1 fully saturated rings. The van der Waals surface area contributed by atoms with Gasteiger partial charge in [-0.2, -0.15) is 5.10 Å². The van der Waals surface area contributed by atoms with Crippen molar-refractivity contribution in [1.82, 2.24) is 25.8 Å². The normalized spacial score (nSPS) is 20.4. The zero-order valence-corrected chi connectivity index (χ0v) is 8.49. The average molecular weight is 209 g/mol. The maximum atomic E-state index is 11.4. The molecule has 0 aromatic carbocycles. The Morgan fingerprint density at radius 3 is 3.27 bits per heavy atom. The van der Waals surface area contributed by atoms with Crippen LogP contribution in [-0.4, -0.2) is 40.2 Å². The van der Waals surface area contributed by atoms with Crippen molar-refractivity contribution in [2.24, 2.45) is 0 Å². The number of carbonyl (C=O) groups excluding carboxylic acids is 1. The molecule has 0 unspecified atom stereocenters. The minimum absolute atomic E-state index is 0.189. The zero-order chi connectivity index (χ0) is 10.5. The van der Waals surface area contributed by atoms with Crippen LogP contribution in [0.4, 0.5) is 0 Å². The van der Waals surface area contributed by atoms with Crippen molar-refractivity contribution < 1.29 is 4.79 Å². The lowest BCUT2D eigenvalue weighted by Gasteiger charge is -2.09. The molecule has 2 heterocycles. The number of aromatic amines is 1. The van der Waals surface area contributed by atoms with Gasteiger partial charge in [0, 0.05) is 12.6 Å². The summed E-state index contributed by atoms with van der Waals surface area (Å²) in [5.74, 6) is 0.0832. The summed E-state index contributed by atoms with van der Waals surface area (Å²) in [7, 11) is 0. The van der Waals surface area contributed by atoms with Crippen LogP contribution in [-0.2, 0) is 0 Å². The minimum Gasteiger partial charge on any atom is -0.349 e. The van der Waals surface area contributed by atoms with E-state index in [4.69, 9.17) is 0 Å². The molecule has 0 radical (unpaired) electrons. The molecule has 6 nitrogen and oxygen atoms in total. The van der Waals surface area contributed by atoms with Gasteiger partial charge in [-0.15, -0.1) is 0 Å². The third-order valence-electron chi connectivity index (χ3n) is 2.57.